The number of ether oxygens (including phenoxy) is 1. The summed E-state index contributed by atoms with van der Waals surface area (Å²) in [7, 11) is -3.82. The number of amides is 1. The van der Waals surface area contributed by atoms with Crippen molar-refractivity contribution < 1.29 is 22.7 Å². The zero-order valence-corrected chi connectivity index (χ0v) is 15.7. The first-order chi connectivity index (χ1) is 12.9. The summed E-state index contributed by atoms with van der Waals surface area (Å²) in [6.07, 6.45) is 2.19. The zero-order chi connectivity index (χ0) is 19.2. The molecule has 4 rings (SSSR count). The SMILES string of the molecule is C[C@H](NC(=O)COC(=O)CN1c2cccc3cccc(c23)S1(=O)=O)C1CC1. The van der Waals surface area contributed by atoms with E-state index < -0.39 is 29.1 Å². The first kappa shape index (κ1) is 17.8. The van der Waals surface area contributed by atoms with Crippen molar-refractivity contribution in [2.45, 2.75) is 30.7 Å². The van der Waals surface area contributed by atoms with Gasteiger partial charge < -0.3 is 10.1 Å². The van der Waals surface area contributed by atoms with Crippen LogP contribution in [-0.4, -0.2) is 39.5 Å². The molecule has 1 heterocycles. The van der Waals surface area contributed by atoms with E-state index in [1.807, 2.05) is 19.1 Å². The third-order valence-electron chi connectivity index (χ3n) is 5.04. The Kier molecular flexibility index (Phi) is 4.30. The smallest absolute Gasteiger partial charge is 0.327 e. The van der Waals surface area contributed by atoms with E-state index in [-0.39, 0.29) is 16.8 Å². The van der Waals surface area contributed by atoms with E-state index in [0.29, 0.717) is 17.0 Å². The summed E-state index contributed by atoms with van der Waals surface area (Å²) < 4.78 is 31.6. The van der Waals surface area contributed by atoms with Gasteiger partial charge in [-0.15, -0.1) is 0 Å². The molecule has 1 fully saturated rings. The normalized spacial score (nSPS) is 18.3. The molecular formula is C19H20N2O5S. The summed E-state index contributed by atoms with van der Waals surface area (Å²) in [5.74, 6) is -0.645. The highest BCUT2D eigenvalue weighted by Crippen LogP contribution is 2.41. The maximum Gasteiger partial charge on any atom is 0.327 e. The van der Waals surface area contributed by atoms with Crippen molar-refractivity contribution in [3.8, 4) is 0 Å². The molecule has 1 aliphatic carbocycles. The van der Waals surface area contributed by atoms with Gasteiger partial charge in [0.2, 0.25) is 0 Å². The molecule has 0 saturated heterocycles. The minimum absolute atomic E-state index is 0.0577. The van der Waals surface area contributed by atoms with Crippen LogP contribution in [-0.2, 0) is 24.3 Å². The molecule has 0 unspecified atom stereocenters. The monoisotopic (exact) mass is 388 g/mol. The van der Waals surface area contributed by atoms with Crippen LogP contribution in [0.5, 0.6) is 0 Å². The van der Waals surface area contributed by atoms with Crippen LogP contribution >= 0.6 is 0 Å². The third-order valence-corrected chi connectivity index (χ3v) is 6.84. The maximum atomic E-state index is 12.8. The van der Waals surface area contributed by atoms with Crippen LogP contribution in [0.25, 0.3) is 10.8 Å². The van der Waals surface area contributed by atoms with Crippen molar-refractivity contribution in [3.05, 3.63) is 36.4 Å². The molecule has 142 valence electrons. The number of nitrogens with zero attached hydrogens (tertiary/aromatic N) is 1. The number of sulfonamides is 1. The summed E-state index contributed by atoms with van der Waals surface area (Å²) in [6, 6.07) is 10.3. The number of anilines is 1. The number of esters is 1. The first-order valence-electron chi connectivity index (χ1n) is 8.87. The van der Waals surface area contributed by atoms with E-state index >= 15 is 0 Å². The Morgan fingerprint density at radius 1 is 1.22 bits per heavy atom. The van der Waals surface area contributed by atoms with Gasteiger partial charge in [-0.3, -0.25) is 13.9 Å². The number of carbonyl (C=O) groups excluding carboxylic acids is 2. The Hall–Kier alpha value is -2.61. The molecule has 1 N–H and O–H groups in total. The predicted octanol–water partition coefficient (Wildman–Crippen LogP) is 1.81. The van der Waals surface area contributed by atoms with Gasteiger partial charge in [-0.05, 0) is 43.2 Å². The van der Waals surface area contributed by atoms with Gasteiger partial charge >= 0.3 is 5.97 Å². The molecule has 2 aromatic rings. The molecule has 1 aliphatic heterocycles. The zero-order valence-electron chi connectivity index (χ0n) is 14.8. The number of carbonyl (C=O) groups is 2. The van der Waals surface area contributed by atoms with Gasteiger partial charge in [0, 0.05) is 11.4 Å². The largest absolute Gasteiger partial charge is 0.454 e. The van der Waals surface area contributed by atoms with E-state index in [4.69, 9.17) is 4.74 Å². The lowest BCUT2D eigenvalue weighted by Gasteiger charge is -2.18. The highest BCUT2D eigenvalue weighted by atomic mass is 32.2. The number of rotatable bonds is 6. The van der Waals surface area contributed by atoms with Crippen molar-refractivity contribution in [1.82, 2.24) is 5.32 Å². The highest BCUT2D eigenvalue weighted by Gasteiger charge is 2.37. The van der Waals surface area contributed by atoms with Crippen LogP contribution in [0.1, 0.15) is 19.8 Å². The maximum absolute atomic E-state index is 12.8. The lowest BCUT2D eigenvalue weighted by molar-refractivity contribution is -0.147. The van der Waals surface area contributed by atoms with Crippen LogP contribution in [0.3, 0.4) is 0 Å². The van der Waals surface area contributed by atoms with E-state index in [2.05, 4.69) is 5.32 Å². The standard InChI is InChI=1S/C19H20N2O5S/c1-12(13-8-9-13)20-17(22)11-26-18(23)10-21-15-6-2-4-14-5-3-7-16(19(14)15)27(21,24)25/h2-7,12-13H,8-11H2,1H3,(H,20,22)/t12-/m0/s1. The minimum Gasteiger partial charge on any atom is -0.454 e. The van der Waals surface area contributed by atoms with Crippen LogP contribution in [0.4, 0.5) is 5.69 Å². The topological polar surface area (TPSA) is 92.8 Å². The Labute approximate surface area is 157 Å². The number of benzene rings is 2. The summed E-state index contributed by atoms with van der Waals surface area (Å²) in [5.41, 5.74) is 0.451. The molecule has 8 heteroatoms. The van der Waals surface area contributed by atoms with Crippen molar-refractivity contribution in [2.24, 2.45) is 5.92 Å². The van der Waals surface area contributed by atoms with E-state index in [9.17, 15) is 18.0 Å². The molecule has 1 amide bonds. The number of hydrogen-bond acceptors (Lipinski definition) is 5. The van der Waals surface area contributed by atoms with Gasteiger partial charge in [0.25, 0.3) is 15.9 Å². The number of hydrogen-bond donors (Lipinski definition) is 1. The fourth-order valence-electron chi connectivity index (χ4n) is 3.45. The average Bonchev–Trinajstić information content (AvgIpc) is 3.46. The first-order valence-corrected chi connectivity index (χ1v) is 10.3. The van der Waals surface area contributed by atoms with Gasteiger partial charge in [0.15, 0.2) is 6.61 Å². The molecule has 1 saturated carbocycles. The highest BCUT2D eigenvalue weighted by molar-refractivity contribution is 7.93. The number of nitrogens with one attached hydrogen (secondary N) is 1. The lowest BCUT2D eigenvalue weighted by atomic mass is 10.1. The minimum atomic E-state index is -3.82. The van der Waals surface area contributed by atoms with E-state index in [1.165, 1.54) is 6.07 Å². The van der Waals surface area contributed by atoms with Gasteiger partial charge in [0.05, 0.1) is 10.6 Å². The third kappa shape index (κ3) is 3.25. The fourth-order valence-corrected chi connectivity index (χ4v) is 5.10. The van der Waals surface area contributed by atoms with Crippen LogP contribution in [0.15, 0.2) is 41.3 Å². The lowest BCUT2D eigenvalue weighted by Crippen LogP contribution is -2.39. The molecule has 0 spiro atoms. The Balaban J connectivity index is 1.44. The van der Waals surface area contributed by atoms with Gasteiger partial charge in [-0.2, -0.15) is 0 Å². The Bertz CT molecular complexity index is 1020. The average molecular weight is 388 g/mol. The molecule has 0 bridgehead atoms. The van der Waals surface area contributed by atoms with Gasteiger partial charge in [0.1, 0.15) is 6.54 Å². The second kappa shape index (κ2) is 6.53. The second-order valence-electron chi connectivity index (χ2n) is 7.00. The van der Waals surface area contributed by atoms with Gasteiger partial charge in [-0.1, -0.05) is 24.3 Å². The molecule has 2 aromatic carbocycles. The second-order valence-corrected chi connectivity index (χ2v) is 8.83. The molecule has 0 radical (unpaired) electrons. The van der Waals surface area contributed by atoms with Crippen molar-refractivity contribution in [1.29, 1.82) is 0 Å². The summed E-state index contributed by atoms with van der Waals surface area (Å²) >= 11 is 0. The van der Waals surface area contributed by atoms with E-state index in [0.717, 1.165) is 22.5 Å². The molecule has 2 aliphatic rings. The molecule has 7 nitrogen and oxygen atoms in total. The molecule has 27 heavy (non-hydrogen) atoms. The van der Waals surface area contributed by atoms with Crippen molar-refractivity contribution in [3.63, 3.8) is 0 Å². The Morgan fingerprint density at radius 2 is 1.93 bits per heavy atom. The van der Waals surface area contributed by atoms with Crippen molar-refractivity contribution in [2.75, 3.05) is 17.5 Å². The van der Waals surface area contributed by atoms with Crippen LogP contribution < -0.4 is 9.62 Å². The predicted molar refractivity (Wildman–Crippen MR) is 99.8 cm³/mol. The summed E-state index contributed by atoms with van der Waals surface area (Å²) in [4.78, 5) is 24.2. The summed E-state index contributed by atoms with van der Waals surface area (Å²) in [6.45, 7) is 1.04. The van der Waals surface area contributed by atoms with E-state index in [1.54, 1.807) is 18.2 Å². The molecule has 0 aromatic heterocycles. The van der Waals surface area contributed by atoms with Crippen molar-refractivity contribution >= 4 is 38.4 Å². The van der Waals surface area contributed by atoms with Crippen LogP contribution in [0.2, 0.25) is 0 Å². The quantitative estimate of drug-likeness (QED) is 0.762. The van der Waals surface area contributed by atoms with Crippen LogP contribution in [0, 0.1) is 5.92 Å². The van der Waals surface area contributed by atoms with Gasteiger partial charge in [-0.25, -0.2) is 8.42 Å². The fraction of sp³-hybridized carbons (Fsp3) is 0.368. The molecule has 1 atom stereocenters. The molecular weight excluding hydrogens is 368 g/mol. The summed E-state index contributed by atoms with van der Waals surface area (Å²) in [5, 5.41) is 4.18. The Morgan fingerprint density at radius 3 is 2.63 bits per heavy atom.